The Morgan fingerprint density at radius 1 is 1.35 bits per heavy atom. The highest BCUT2D eigenvalue weighted by molar-refractivity contribution is 7.99. The van der Waals surface area contributed by atoms with Crippen molar-refractivity contribution in [2.24, 2.45) is 0 Å². The van der Waals surface area contributed by atoms with Crippen LogP contribution >= 0.6 is 23.1 Å². The van der Waals surface area contributed by atoms with Crippen LogP contribution in [0.5, 0.6) is 0 Å². The molecule has 0 amide bonds. The average molecular weight is 306 g/mol. The van der Waals surface area contributed by atoms with Gasteiger partial charge in [-0.15, -0.1) is 23.1 Å². The van der Waals surface area contributed by atoms with Crippen LogP contribution in [0.2, 0.25) is 0 Å². The number of aryl methyl sites for hydroxylation is 2. The number of hydrogen-bond donors (Lipinski definition) is 1. The van der Waals surface area contributed by atoms with Gasteiger partial charge in [-0.1, -0.05) is 24.6 Å². The lowest BCUT2D eigenvalue weighted by Crippen LogP contribution is -2.33. The number of thioether (sulfide) groups is 1. The van der Waals surface area contributed by atoms with Crippen LogP contribution in [0.1, 0.15) is 23.2 Å². The number of hydrogen-bond acceptors (Lipinski definition) is 4. The number of benzene rings is 1. The van der Waals surface area contributed by atoms with Gasteiger partial charge in [-0.3, -0.25) is 0 Å². The standard InChI is InChI=1S/C16H22N2S2/c1-4-17-14(9-16-18-13(3)10-20-16)11-19-15-7-5-6-12(2)8-15/h5-8,10,14,17H,4,9,11H2,1-3H3. The monoisotopic (exact) mass is 306 g/mol. The van der Waals surface area contributed by atoms with Crippen molar-refractivity contribution in [1.82, 2.24) is 10.3 Å². The van der Waals surface area contributed by atoms with Gasteiger partial charge in [0.05, 0.1) is 5.01 Å². The smallest absolute Gasteiger partial charge is 0.0943 e. The maximum atomic E-state index is 4.57. The van der Waals surface area contributed by atoms with E-state index >= 15 is 0 Å². The number of rotatable bonds is 7. The summed E-state index contributed by atoms with van der Waals surface area (Å²) in [4.78, 5) is 5.92. The predicted octanol–water partition coefficient (Wildman–Crippen LogP) is 4.07. The van der Waals surface area contributed by atoms with E-state index in [2.05, 4.69) is 60.7 Å². The summed E-state index contributed by atoms with van der Waals surface area (Å²) >= 11 is 3.69. The second kappa shape index (κ2) is 7.81. The zero-order valence-corrected chi connectivity index (χ0v) is 14.0. The van der Waals surface area contributed by atoms with Crippen molar-refractivity contribution in [2.45, 2.75) is 38.1 Å². The van der Waals surface area contributed by atoms with Crippen LogP contribution in [-0.2, 0) is 6.42 Å². The first-order valence-corrected chi connectivity index (χ1v) is 8.87. The zero-order valence-electron chi connectivity index (χ0n) is 12.3. The molecule has 0 bridgehead atoms. The molecule has 2 nitrogen and oxygen atoms in total. The van der Waals surface area contributed by atoms with Gasteiger partial charge in [0.15, 0.2) is 0 Å². The molecule has 1 aromatic heterocycles. The molecule has 1 unspecified atom stereocenters. The Kier molecular flexibility index (Phi) is 6.07. The number of aromatic nitrogens is 1. The molecule has 0 saturated heterocycles. The largest absolute Gasteiger partial charge is 0.313 e. The Morgan fingerprint density at radius 2 is 2.20 bits per heavy atom. The minimum atomic E-state index is 0.482. The van der Waals surface area contributed by atoms with E-state index in [0.717, 1.165) is 24.4 Å². The maximum Gasteiger partial charge on any atom is 0.0943 e. The summed E-state index contributed by atoms with van der Waals surface area (Å²) in [6.07, 6.45) is 1.02. The maximum absolute atomic E-state index is 4.57. The van der Waals surface area contributed by atoms with Gasteiger partial charge in [0.2, 0.25) is 0 Å². The van der Waals surface area contributed by atoms with Crippen LogP contribution in [0.3, 0.4) is 0 Å². The summed E-state index contributed by atoms with van der Waals surface area (Å²) < 4.78 is 0. The molecule has 2 aromatic rings. The van der Waals surface area contributed by atoms with Crippen LogP contribution in [0, 0.1) is 13.8 Å². The van der Waals surface area contributed by atoms with Gasteiger partial charge in [0, 0.05) is 34.2 Å². The van der Waals surface area contributed by atoms with Gasteiger partial charge in [0.1, 0.15) is 0 Å². The van der Waals surface area contributed by atoms with Crippen molar-refractivity contribution < 1.29 is 0 Å². The third kappa shape index (κ3) is 4.93. The quantitative estimate of drug-likeness (QED) is 0.780. The molecule has 108 valence electrons. The van der Waals surface area contributed by atoms with Crippen LogP contribution in [-0.4, -0.2) is 23.3 Å². The fourth-order valence-electron chi connectivity index (χ4n) is 2.09. The fraction of sp³-hybridized carbons (Fsp3) is 0.438. The first kappa shape index (κ1) is 15.5. The van der Waals surface area contributed by atoms with Crippen LogP contribution in [0.25, 0.3) is 0 Å². The third-order valence-corrected chi connectivity index (χ3v) is 5.17. The minimum Gasteiger partial charge on any atom is -0.313 e. The molecule has 1 aromatic carbocycles. The van der Waals surface area contributed by atoms with Gasteiger partial charge < -0.3 is 5.32 Å². The second-order valence-corrected chi connectivity index (χ2v) is 7.00. The molecule has 1 N–H and O–H groups in total. The van der Waals surface area contributed by atoms with Crippen LogP contribution in [0.15, 0.2) is 34.5 Å². The predicted molar refractivity (Wildman–Crippen MR) is 89.9 cm³/mol. The van der Waals surface area contributed by atoms with E-state index < -0.39 is 0 Å². The number of thiazole rings is 1. The summed E-state index contributed by atoms with van der Waals surface area (Å²) in [7, 11) is 0. The number of nitrogens with one attached hydrogen (secondary N) is 1. The van der Waals surface area contributed by atoms with E-state index in [9.17, 15) is 0 Å². The SMILES string of the molecule is CCNC(CSc1cccc(C)c1)Cc1nc(C)cs1. The molecule has 0 aliphatic heterocycles. The molecule has 0 saturated carbocycles. The topological polar surface area (TPSA) is 24.9 Å². The average Bonchev–Trinajstić information content (AvgIpc) is 2.82. The van der Waals surface area contributed by atoms with Gasteiger partial charge in [-0.2, -0.15) is 0 Å². The molecule has 20 heavy (non-hydrogen) atoms. The molecule has 0 fully saturated rings. The fourth-order valence-corrected chi connectivity index (χ4v) is 4.01. The second-order valence-electron chi connectivity index (χ2n) is 4.97. The van der Waals surface area contributed by atoms with Crippen molar-refractivity contribution in [1.29, 1.82) is 0 Å². The van der Waals surface area contributed by atoms with Crippen molar-refractivity contribution in [3.8, 4) is 0 Å². The van der Waals surface area contributed by atoms with Gasteiger partial charge in [-0.25, -0.2) is 4.98 Å². The summed E-state index contributed by atoms with van der Waals surface area (Å²) in [5.74, 6) is 1.08. The van der Waals surface area contributed by atoms with Gasteiger partial charge in [-0.05, 0) is 32.5 Å². The molecule has 1 atom stereocenters. The summed E-state index contributed by atoms with van der Waals surface area (Å²) in [6.45, 7) is 7.37. The zero-order chi connectivity index (χ0) is 14.4. The van der Waals surface area contributed by atoms with Gasteiger partial charge >= 0.3 is 0 Å². The Morgan fingerprint density at radius 3 is 2.85 bits per heavy atom. The molecule has 4 heteroatoms. The van der Waals surface area contributed by atoms with E-state index in [-0.39, 0.29) is 0 Å². The highest BCUT2D eigenvalue weighted by Crippen LogP contribution is 2.21. The lowest BCUT2D eigenvalue weighted by atomic mass is 10.2. The molecule has 2 rings (SSSR count). The molecule has 0 radical (unpaired) electrons. The van der Waals surface area contributed by atoms with Crippen molar-refractivity contribution >= 4 is 23.1 Å². The summed E-state index contributed by atoms with van der Waals surface area (Å²) in [5.41, 5.74) is 2.46. The Bertz CT molecular complexity index is 537. The number of nitrogens with zero attached hydrogens (tertiary/aromatic N) is 1. The first-order valence-electron chi connectivity index (χ1n) is 7.01. The van der Waals surface area contributed by atoms with E-state index in [4.69, 9.17) is 0 Å². The highest BCUT2D eigenvalue weighted by atomic mass is 32.2. The summed E-state index contributed by atoms with van der Waals surface area (Å²) in [6, 6.07) is 9.19. The Hall–Kier alpha value is -0.840. The molecule has 0 spiro atoms. The molecule has 0 aliphatic rings. The molecular weight excluding hydrogens is 284 g/mol. The lowest BCUT2D eigenvalue weighted by Gasteiger charge is -2.16. The number of likely N-dealkylation sites (N-methyl/N-ethyl adjacent to an activating group) is 1. The Labute approximate surface area is 130 Å². The van der Waals surface area contributed by atoms with Crippen LogP contribution < -0.4 is 5.32 Å². The molecule has 0 aliphatic carbocycles. The lowest BCUT2D eigenvalue weighted by molar-refractivity contribution is 0.571. The minimum absolute atomic E-state index is 0.482. The highest BCUT2D eigenvalue weighted by Gasteiger charge is 2.11. The third-order valence-electron chi connectivity index (χ3n) is 3.02. The first-order chi connectivity index (χ1) is 9.67. The van der Waals surface area contributed by atoms with Crippen molar-refractivity contribution in [2.75, 3.05) is 12.3 Å². The van der Waals surface area contributed by atoms with E-state index in [1.54, 1.807) is 11.3 Å². The van der Waals surface area contributed by atoms with Crippen molar-refractivity contribution in [3.63, 3.8) is 0 Å². The molecular formula is C16H22N2S2. The molecule has 1 heterocycles. The van der Waals surface area contributed by atoms with E-state index in [1.807, 2.05) is 11.8 Å². The van der Waals surface area contributed by atoms with E-state index in [1.165, 1.54) is 15.5 Å². The van der Waals surface area contributed by atoms with Gasteiger partial charge in [0.25, 0.3) is 0 Å². The van der Waals surface area contributed by atoms with Crippen LogP contribution in [0.4, 0.5) is 0 Å². The van der Waals surface area contributed by atoms with E-state index in [0.29, 0.717) is 6.04 Å². The summed E-state index contributed by atoms with van der Waals surface area (Å²) in [5, 5.41) is 6.94. The Balaban J connectivity index is 1.91. The van der Waals surface area contributed by atoms with Crippen molar-refractivity contribution in [3.05, 3.63) is 45.9 Å². The normalized spacial score (nSPS) is 12.6.